The van der Waals surface area contributed by atoms with Crippen LogP contribution >= 0.6 is 0 Å². The summed E-state index contributed by atoms with van der Waals surface area (Å²) in [6, 6.07) is 5.60. The van der Waals surface area contributed by atoms with E-state index in [0.717, 1.165) is 23.4 Å². The fourth-order valence-electron chi connectivity index (χ4n) is 1.56. The standard InChI is InChI=1S/C13H19NO2/c1-5-16-13-7-6-11(10(2)15)8-12(13)9-14(3)4/h6-8H,5,9H2,1-4H3. The molecule has 0 fully saturated rings. The molecular weight excluding hydrogens is 202 g/mol. The molecule has 0 aliphatic carbocycles. The zero-order valence-corrected chi connectivity index (χ0v) is 10.4. The van der Waals surface area contributed by atoms with E-state index in [9.17, 15) is 4.79 Å². The van der Waals surface area contributed by atoms with Gasteiger partial charge < -0.3 is 9.64 Å². The predicted octanol–water partition coefficient (Wildman–Crippen LogP) is 2.35. The monoisotopic (exact) mass is 221 g/mol. The third-order valence-electron chi connectivity index (χ3n) is 2.25. The molecule has 0 N–H and O–H groups in total. The minimum atomic E-state index is 0.0862. The molecule has 0 unspecified atom stereocenters. The van der Waals surface area contributed by atoms with Crippen molar-refractivity contribution in [3.63, 3.8) is 0 Å². The first-order valence-electron chi connectivity index (χ1n) is 5.46. The molecule has 3 nitrogen and oxygen atoms in total. The van der Waals surface area contributed by atoms with Gasteiger partial charge in [-0.05, 0) is 46.1 Å². The summed E-state index contributed by atoms with van der Waals surface area (Å²) in [6.45, 7) is 4.95. The number of rotatable bonds is 5. The molecule has 0 saturated carbocycles. The van der Waals surface area contributed by atoms with Crippen LogP contribution in [-0.4, -0.2) is 31.4 Å². The van der Waals surface area contributed by atoms with E-state index in [1.165, 1.54) is 0 Å². The predicted molar refractivity (Wildman–Crippen MR) is 65.0 cm³/mol. The summed E-state index contributed by atoms with van der Waals surface area (Å²) in [6.07, 6.45) is 0. The van der Waals surface area contributed by atoms with Crippen LogP contribution in [0.5, 0.6) is 5.75 Å². The van der Waals surface area contributed by atoms with E-state index in [2.05, 4.69) is 4.90 Å². The molecule has 1 aromatic carbocycles. The van der Waals surface area contributed by atoms with Gasteiger partial charge >= 0.3 is 0 Å². The van der Waals surface area contributed by atoms with Crippen LogP contribution in [0.25, 0.3) is 0 Å². The highest BCUT2D eigenvalue weighted by atomic mass is 16.5. The second kappa shape index (κ2) is 5.66. The summed E-state index contributed by atoms with van der Waals surface area (Å²) in [4.78, 5) is 13.4. The first-order chi connectivity index (χ1) is 7.54. The Labute approximate surface area is 97.0 Å². The summed E-state index contributed by atoms with van der Waals surface area (Å²) in [5.74, 6) is 0.948. The van der Waals surface area contributed by atoms with Crippen molar-refractivity contribution < 1.29 is 9.53 Å². The third-order valence-corrected chi connectivity index (χ3v) is 2.25. The number of ketones is 1. The van der Waals surface area contributed by atoms with Crippen LogP contribution in [0, 0.1) is 0 Å². The topological polar surface area (TPSA) is 29.5 Å². The van der Waals surface area contributed by atoms with Crippen LogP contribution < -0.4 is 4.74 Å². The third kappa shape index (κ3) is 3.35. The molecule has 16 heavy (non-hydrogen) atoms. The van der Waals surface area contributed by atoms with Gasteiger partial charge in [0, 0.05) is 17.7 Å². The minimum absolute atomic E-state index is 0.0862. The Morgan fingerprint density at radius 2 is 2.06 bits per heavy atom. The molecule has 0 heterocycles. The van der Waals surface area contributed by atoms with Crippen molar-refractivity contribution in [2.45, 2.75) is 20.4 Å². The van der Waals surface area contributed by atoms with Gasteiger partial charge in [-0.25, -0.2) is 0 Å². The Kier molecular flexibility index (Phi) is 4.50. The average Bonchev–Trinajstić information content (AvgIpc) is 2.19. The van der Waals surface area contributed by atoms with Crippen molar-refractivity contribution in [2.24, 2.45) is 0 Å². The van der Waals surface area contributed by atoms with E-state index < -0.39 is 0 Å². The SMILES string of the molecule is CCOc1ccc(C(C)=O)cc1CN(C)C. The van der Waals surface area contributed by atoms with Gasteiger partial charge in [-0.2, -0.15) is 0 Å². The summed E-state index contributed by atoms with van der Waals surface area (Å²) < 4.78 is 5.53. The first-order valence-corrected chi connectivity index (χ1v) is 5.46. The molecule has 3 heteroatoms. The van der Waals surface area contributed by atoms with Gasteiger partial charge in [-0.3, -0.25) is 4.79 Å². The lowest BCUT2D eigenvalue weighted by molar-refractivity contribution is 0.101. The van der Waals surface area contributed by atoms with Crippen molar-refractivity contribution in [2.75, 3.05) is 20.7 Å². The lowest BCUT2D eigenvalue weighted by Gasteiger charge is -2.15. The number of carbonyl (C=O) groups excluding carboxylic acids is 1. The van der Waals surface area contributed by atoms with Gasteiger partial charge in [-0.15, -0.1) is 0 Å². The molecule has 0 aromatic heterocycles. The highest BCUT2D eigenvalue weighted by Gasteiger charge is 2.08. The summed E-state index contributed by atoms with van der Waals surface area (Å²) in [5.41, 5.74) is 1.79. The largest absolute Gasteiger partial charge is 0.494 e. The molecule has 0 atom stereocenters. The molecule has 0 aliphatic rings. The first kappa shape index (κ1) is 12.7. The fraction of sp³-hybridized carbons (Fsp3) is 0.462. The normalized spacial score (nSPS) is 10.6. The minimum Gasteiger partial charge on any atom is -0.494 e. The fourth-order valence-corrected chi connectivity index (χ4v) is 1.56. The van der Waals surface area contributed by atoms with Crippen molar-refractivity contribution in [3.05, 3.63) is 29.3 Å². The van der Waals surface area contributed by atoms with E-state index in [4.69, 9.17) is 4.74 Å². The quantitative estimate of drug-likeness (QED) is 0.715. The van der Waals surface area contributed by atoms with Gasteiger partial charge in [0.15, 0.2) is 5.78 Å². The Hall–Kier alpha value is -1.35. The summed E-state index contributed by atoms with van der Waals surface area (Å²) >= 11 is 0. The number of hydrogen-bond donors (Lipinski definition) is 0. The summed E-state index contributed by atoms with van der Waals surface area (Å²) in [7, 11) is 3.99. The molecule has 88 valence electrons. The molecule has 0 amide bonds. The molecular formula is C13H19NO2. The van der Waals surface area contributed by atoms with Gasteiger partial charge in [0.1, 0.15) is 5.75 Å². The van der Waals surface area contributed by atoms with E-state index >= 15 is 0 Å². The maximum atomic E-state index is 11.3. The summed E-state index contributed by atoms with van der Waals surface area (Å²) in [5, 5.41) is 0. The van der Waals surface area contributed by atoms with Crippen LogP contribution in [0.15, 0.2) is 18.2 Å². The van der Waals surface area contributed by atoms with Crippen LogP contribution in [0.1, 0.15) is 29.8 Å². The molecule has 0 saturated heterocycles. The number of carbonyl (C=O) groups is 1. The highest BCUT2D eigenvalue weighted by Crippen LogP contribution is 2.21. The lowest BCUT2D eigenvalue weighted by Crippen LogP contribution is -2.12. The second-order valence-electron chi connectivity index (χ2n) is 4.05. The Balaban J connectivity index is 3.05. The van der Waals surface area contributed by atoms with Crippen molar-refractivity contribution >= 4 is 5.78 Å². The zero-order chi connectivity index (χ0) is 12.1. The Morgan fingerprint density at radius 1 is 1.38 bits per heavy atom. The van der Waals surface area contributed by atoms with E-state index in [1.807, 2.05) is 39.2 Å². The number of hydrogen-bond acceptors (Lipinski definition) is 3. The van der Waals surface area contributed by atoms with Crippen molar-refractivity contribution in [3.8, 4) is 5.75 Å². The second-order valence-corrected chi connectivity index (χ2v) is 4.05. The van der Waals surface area contributed by atoms with Crippen molar-refractivity contribution in [1.29, 1.82) is 0 Å². The zero-order valence-electron chi connectivity index (χ0n) is 10.4. The highest BCUT2D eigenvalue weighted by molar-refractivity contribution is 5.94. The molecule has 0 bridgehead atoms. The molecule has 0 spiro atoms. The number of benzene rings is 1. The van der Waals surface area contributed by atoms with E-state index in [0.29, 0.717) is 6.61 Å². The van der Waals surface area contributed by atoms with Gasteiger partial charge in [0.25, 0.3) is 0 Å². The number of ether oxygens (including phenoxy) is 1. The van der Waals surface area contributed by atoms with E-state index in [-0.39, 0.29) is 5.78 Å². The number of Topliss-reactive ketones (excluding diaryl/α,β-unsaturated/α-hetero) is 1. The molecule has 0 aliphatic heterocycles. The average molecular weight is 221 g/mol. The molecule has 1 aromatic rings. The Morgan fingerprint density at radius 3 is 2.56 bits per heavy atom. The van der Waals surface area contributed by atoms with Crippen molar-refractivity contribution in [1.82, 2.24) is 4.90 Å². The maximum absolute atomic E-state index is 11.3. The molecule has 1 rings (SSSR count). The smallest absolute Gasteiger partial charge is 0.159 e. The maximum Gasteiger partial charge on any atom is 0.159 e. The van der Waals surface area contributed by atoms with Crippen LogP contribution in [0.4, 0.5) is 0 Å². The molecule has 0 radical (unpaired) electrons. The van der Waals surface area contributed by atoms with Gasteiger partial charge in [0.2, 0.25) is 0 Å². The van der Waals surface area contributed by atoms with Crippen LogP contribution in [0.3, 0.4) is 0 Å². The Bertz CT molecular complexity index is 372. The van der Waals surface area contributed by atoms with Gasteiger partial charge in [-0.1, -0.05) is 0 Å². The van der Waals surface area contributed by atoms with E-state index in [1.54, 1.807) is 6.92 Å². The lowest BCUT2D eigenvalue weighted by atomic mass is 10.1. The number of nitrogens with zero attached hydrogens (tertiary/aromatic N) is 1. The van der Waals surface area contributed by atoms with Gasteiger partial charge in [0.05, 0.1) is 6.61 Å². The van der Waals surface area contributed by atoms with Crippen LogP contribution in [-0.2, 0) is 6.54 Å². The van der Waals surface area contributed by atoms with Crippen LogP contribution in [0.2, 0.25) is 0 Å².